The van der Waals surface area contributed by atoms with Gasteiger partial charge in [-0.25, -0.2) is 42.5 Å². The first-order valence-electron chi connectivity index (χ1n) is 15.5. The number of allylic oxidation sites excluding steroid dienone is 1. The molecule has 2 unspecified atom stereocenters. The average Bonchev–Trinajstić information content (AvgIpc) is 3.15. The Hall–Kier alpha value is -6.34. The van der Waals surface area contributed by atoms with Gasteiger partial charge in [-0.15, -0.1) is 6.58 Å². The molecule has 0 amide bonds. The molecule has 13 heteroatoms. The van der Waals surface area contributed by atoms with Gasteiger partial charge < -0.3 is 19.3 Å². The average molecular weight is 680 g/mol. The molecule has 0 saturated carbocycles. The minimum atomic E-state index is -1.54. The van der Waals surface area contributed by atoms with E-state index < -0.39 is 73.5 Å². The van der Waals surface area contributed by atoms with Crippen LogP contribution < -0.4 is 17.1 Å². The second-order valence-electron chi connectivity index (χ2n) is 11.1. The number of ether oxygens (including phenoxy) is 3. The highest BCUT2D eigenvalue weighted by atomic mass is 16.6. The van der Waals surface area contributed by atoms with Crippen LogP contribution in [0.5, 0.6) is 0 Å². The third kappa shape index (κ3) is 8.20. The van der Waals surface area contributed by atoms with E-state index in [1.807, 2.05) is 18.2 Å². The highest BCUT2D eigenvalue weighted by molar-refractivity contribution is 6.04. The quantitative estimate of drug-likeness (QED) is 0.105. The molecular formula is C37H33N3O10. The summed E-state index contributed by atoms with van der Waals surface area (Å²) in [5, 5.41) is 12.3. The fourth-order valence-corrected chi connectivity index (χ4v) is 5.14. The zero-order valence-corrected chi connectivity index (χ0v) is 26.8. The molecule has 50 heavy (non-hydrogen) atoms. The second-order valence-corrected chi connectivity index (χ2v) is 11.1. The smallest absolute Gasteiger partial charge is 0.338 e. The number of hydrogen-bond acceptors (Lipinski definition) is 10. The van der Waals surface area contributed by atoms with Crippen molar-refractivity contribution >= 4 is 28.7 Å². The van der Waals surface area contributed by atoms with Crippen molar-refractivity contribution in [1.82, 2.24) is 13.7 Å². The monoisotopic (exact) mass is 679 g/mol. The number of aliphatic hydroxyl groups is 1. The Kier molecular flexibility index (Phi) is 11.3. The molecule has 0 aliphatic carbocycles. The molecule has 0 spiro atoms. The van der Waals surface area contributed by atoms with Crippen LogP contribution in [0.3, 0.4) is 0 Å². The Morgan fingerprint density at radius 2 is 1.18 bits per heavy atom. The molecule has 0 bridgehead atoms. The van der Waals surface area contributed by atoms with Gasteiger partial charge in [0.1, 0.15) is 19.3 Å². The van der Waals surface area contributed by atoms with E-state index in [4.69, 9.17) is 14.2 Å². The largest absolute Gasteiger partial charge is 0.459 e. The summed E-state index contributed by atoms with van der Waals surface area (Å²) in [7, 11) is 0. The molecule has 0 aliphatic rings. The number of benzene rings is 4. The van der Waals surface area contributed by atoms with Crippen LogP contribution in [0.1, 0.15) is 31.1 Å². The molecule has 0 radical (unpaired) electrons. The number of aliphatic hydroxyl groups excluding tert-OH is 1. The van der Waals surface area contributed by atoms with E-state index in [2.05, 4.69) is 6.58 Å². The van der Waals surface area contributed by atoms with Gasteiger partial charge in [0.25, 0.3) is 0 Å². The molecule has 1 aromatic heterocycles. The van der Waals surface area contributed by atoms with Crippen molar-refractivity contribution in [3.63, 3.8) is 0 Å². The van der Waals surface area contributed by atoms with Crippen LogP contribution in [0.15, 0.2) is 130 Å². The van der Waals surface area contributed by atoms with Crippen molar-refractivity contribution in [3.05, 3.63) is 164 Å². The molecule has 5 aromatic rings. The van der Waals surface area contributed by atoms with E-state index >= 15 is 0 Å². The third-order valence-corrected chi connectivity index (χ3v) is 7.59. The minimum Gasteiger partial charge on any atom is -0.459 e. The van der Waals surface area contributed by atoms with Crippen molar-refractivity contribution in [2.24, 2.45) is 0 Å². The van der Waals surface area contributed by atoms with Gasteiger partial charge in [-0.3, -0.25) is 0 Å². The minimum absolute atomic E-state index is 0.162. The van der Waals surface area contributed by atoms with Gasteiger partial charge in [-0.05, 0) is 41.1 Å². The van der Waals surface area contributed by atoms with Gasteiger partial charge in [0.2, 0.25) is 0 Å². The zero-order chi connectivity index (χ0) is 35.6. The molecule has 2 atom stereocenters. The van der Waals surface area contributed by atoms with E-state index in [1.54, 1.807) is 60.7 Å². The normalized spacial score (nSPS) is 12.1. The summed E-state index contributed by atoms with van der Waals surface area (Å²) >= 11 is 0. The highest BCUT2D eigenvalue weighted by Crippen LogP contribution is 2.19. The molecule has 0 aliphatic heterocycles. The van der Waals surface area contributed by atoms with Crippen molar-refractivity contribution in [2.45, 2.75) is 31.8 Å². The molecule has 0 saturated heterocycles. The number of fused-ring (bicyclic) bond motifs is 1. The molecule has 13 nitrogen and oxygen atoms in total. The maximum atomic E-state index is 13.7. The van der Waals surface area contributed by atoms with Gasteiger partial charge in [0.15, 0.2) is 6.10 Å². The maximum Gasteiger partial charge on any atom is 0.338 e. The number of esters is 3. The van der Waals surface area contributed by atoms with E-state index in [0.29, 0.717) is 19.1 Å². The lowest BCUT2D eigenvalue weighted by Crippen LogP contribution is -2.56. The molecule has 256 valence electrons. The van der Waals surface area contributed by atoms with Gasteiger partial charge in [-0.2, -0.15) is 0 Å². The van der Waals surface area contributed by atoms with Gasteiger partial charge >= 0.3 is 35.0 Å². The maximum absolute atomic E-state index is 13.7. The van der Waals surface area contributed by atoms with Crippen LogP contribution in [0.25, 0.3) is 10.8 Å². The lowest BCUT2D eigenvalue weighted by atomic mass is 10.1. The predicted octanol–water partition coefficient (Wildman–Crippen LogP) is 2.81. The Labute approximate surface area is 284 Å². The Balaban J connectivity index is 1.40. The Morgan fingerprint density at radius 3 is 1.84 bits per heavy atom. The molecule has 5 rings (SSSR count). The van der Waals surface area contributed by atoms with Crippen LogP contribution in [-0.2, 0) is 33.8 Å². The third-order valence-electron chi connectivity index (χ3n) is 7.59. The first kappa shape index (κ1) is 35.0. The molecular weight excluding hydrogens is 646 g/mol. The number of hydrogen-bond donors (Lipinski definition) is 1. The summed E-state index contributed by atoms with van der Waals surface area (Å²) in [5.41, 5.74) is -2.61. The van der Waals surface area contributed by atoms with Crippen molar-refractivity contribution in [2.75, 3.05) is 13.2 Å². The Morgan fingerprint density at radius 1 is 0.640 bits per heavy atom. The van der Waals surface area contributed by atoms with E-state index in [-0.39, 0.29) is 23.2 Å². The van der Waals surface area contributed by atoms with Crippen LogP contribution in [-0.4, -0.2) is 62.1 Å². The van der Waals surface area contributed by atoms with Crippen molar-refractivity contribution in [3.8, 4) is 0 Å². The highest BCUT2D eigenvalue weighted by Gasteiger charge is 2.25. The van der Waals surface area contributed by atoms with Crippen molar-refractivity contribution < 1.29 is 33.7 Å². The lowest BCUT2D eigenvalue weighted by molar-refractivity contribution is -0.00633. The van der Waals surface area contributed by atoms with Crippen LogP contribution in [0, 0.1) is 0 Å². The number of rotatable bonds is 14. The number of carbonyl (C=O) groups excluding carboxylic acids is 3. The summed E-state index contributed by atoms with van der Waals surface area (Å²) in [4.78, 5) is 79.0. The summed E-state index contributed by atoms with van der Waals surface area (Å²) < 4.78 is 18.2. The number of nitrogens with zero attached hydrogens (tertiary/aromatic N) is 3. The molecule has 1 N–H and O–H groups in total. The van der Waals surface area contributed by atoms with Crippen LogP contribution in [0.4, 0.5) is 0 Å². The summed E-state index contributed by atoms with van der Waals surface area (Å²) in [5.74, 6) is -2.29. The fraction of sp³-hybridized carbons (Fsp3) is 0.189. The summed E-state index contributed by atoms with van der Waals surface area (Å²) in [6.07, 6.45) is -1.64. The molecule has 4 aromatic carbocycles. The first-order chi connectivity index (χ1) is 24.2. The van der Waals surface area contributed by atoms with Crippen molar-refractivity contribution in [1.29, 1.82) is 0 Å². The first-order valence-corrected chi connectivity index (χ1v) is 15.5. The molecule has 0 fully saturated rings. The van der Waals surface area contributed by atoms with Gasteiger partial charge in [0.05, 0.1) is 36.3 Å². The SMILES string of the molecule is C=CCn1c(=O)n(CC(O)COC(=O)c2cccc3ccccc23)c(=O)n(CC(COC(=O)c2ccccc2)OC(=O)c2ccccc2)c1=O. The zero-order valence-electron chi connectivity index (χ0n) is 26.8. The standard InChI is InChI=1S/C37H33N3O10/c1-2-20-38-35(45)39(21-28(41)23-48-34(44)31-19-11-17-25-12-9-10-18-30(25)31)37(47)40(36(38)46)22-29(50-33(43)27-15-7-4-8-16-27)24-49-32(42)26-13-5-3-6-14-26/h2-19,28-29,41H,1,20-24H2. The summed E-state index contributed by atoms with van der Waals surface area (Å²) in [6, 6.07) is 28.2. The topological polar surface area (TPSA) is 165 Å². The lowest BCUT2D eigenvalue weighted by Gasteiger charge is -2.21. The van der Waals surface area contributed by atoms with Gasteiger partial charge in [0, 0.05) is 0 Å². The van der Waals surface area contributed by atoms with E-state index in [9.17, 15) is 33.9 Å². The molecule has 1 heterocycles. The second kappa shape index (κ2) is 16.2. The number of aromatic nitrogens is 3. The predicted molar refractivity (Wildman–Crippen MR) is 182 cm³/mol. The van der Waals surface area contributed by atoms with Crippen LogP contribution in [0.2, 0.25) is 0 Å². The summed E-state index contributed by atoms with van der Waals surface area (Å²) in [6.45, 7) is 0.846. The van der Waals surface area contributed by atoms with E-state index in [1.165, 1.54) is 30.3 Å². The fourth-order valence-electron chi connectivity index (χ4n) is 5.14. The Bertz CT molecular complexity index is 2180. The number of carbonyl (C=O) groups is 3. The van der Waals surface area contributed by atoms with E-state index in [0.717, 1.165) is 5.39 Å². The van der Waals surface area contributed by atoms with Gasteiger partial charge in [-0.1, -0.05) is 78.9 Å². The van der Waals surface area contributed by atoms with Crippen LogP contribution >= 0.6 is 0 Å².